The van der Waals surface area contributed by atoms with Crippen molar-refractivity contribution in [2.45, 2.75) is 32.9 Å². The minimum absolute atomic E-state index is 0.0641. The Morgan fingerprint density at radius 2 is 1.79 bits per heavy atom. The molecule has 33 heavy (non-hydrogen) atoms. The third kappa shape index (κ3) is 4.83. The third-order valence-corrected chi connectivity index (χ3v) is 4.85. The smallest absolute Gasteiger partial charge is 0.280 e. The van der Waals surface area contributed by atoms with E-state index in [0.29, 0.717) is 12.6 Å². The number of carbonyl (C=O) groups is 1. The highest BCUT2D eigenvalue weighted by molar-refractivity contribution is 5.91. The molecule has 3 aromatic heterocycles. The fraction of sp³-hybridized carbons (Fsp3) is 0.238. The molecule has 0 radical (unpaired) electrons. The number of nitrogens with one attached hydrogen (secondary N) is 1. The first kappa shape index (κ1) is 22.4. The van der Waals surface area contributed by atoms with Crippen molar-refractivity contribution in [2.75, 3.05) is 5.32 Å². The van der Waals surface area contributed by atoms with Gasteiger partial charge in [0, 0.05) is 17.8 Å². The topological polar surface area (TPSA) is 77.6 Å². The lowest BCUT2D eigenvalue weighted by atomic mass is 10.1. The van der Waals surface area contributed by atoms with Crippen molar-refractivity contribution in [3.05, 3.63) is 70.9 Å². The third-order valence-electron chi connectivity index (χ3n) is 4.85. The zero-order valence-corrected chi connectivity index (χ0v) is 17.1. The summed E-state index contributed by atoms with van der Waals surface area (Å²) in [5, 5.41) is 10.7. The number of alkyl halides is 4. The second-order valence-electron chi connectivity index (χ2n) is 7.25. The second-order valence-corrected chi connectivity index (χ2v) is 7.25. The molecule has 0 spiro atoms. The number of hydrogen-bond donors (Lipinski definition) is 1. The van der Waals surface area contributed by atoms with Crippen LogP contribution in [0.25, 0.3) is 11.0 Å². The maximum atomic E-state index is 13.4. The number of carbonyl (C=O) groups excluding carboxylic acids is 1. The van der Waals surface area contributed by atoms with E-state index in [1.165, 1.54) is 29.8 Å². The van der Waals surface area contributed by atoms with E-state index in [4.69, 9.17) is 0 Å². The number of halogens is 5. The SMILES string of the molecule is Cc1nn(CC(=O)Nc2ccn(Cc3ccc(F)cc3)n2)c2nc(C(F)F)cc(C(F)F)c12. The molecule has 0 aliphatic carbocycles. The summed E-state index contributed by atoms with van der Waals surface area (Å²) in [5.41, 5.74) is -0.716. The first-order valence-corrected chi connectivity index (χ1v) is 9.73. The number of fused-ring (bicyclic) bond motifs is 1. The molecule has 0 atom stereocenters. The number of anilines is 1. The molecule has 1 aromatic carbocycles. The van der Waals surface area contributed by atoms with Crippen LogP contribution in [-0.4, -0.2) is 30.5 Å². The number of aryl methyl sites for hydroxylation is 1. The standard InChI is InChI=1S/C21H17F5N6O/c1-11-18-14(19(23)24)8-15(20(25)26)27-21(18)32(29-11)10-17(33)28-16-6-7-31(30-16)9-12-2-4-13(22)5-3-12/h2-8,19-20H,9-10H2,1H3,(H,28,30,33). The number of amides is 1. The van der Waals surface area contributed by atoms with Gasteiger partial charge in [-0.3, -0.25) is 9.48 Å². The lowest BCUT2D eigenvalue weighted by Gasteiger charge is -2.08. The Morgan fingerprint density at radius 3 is 2.45 bits per heavy atom. The molecule has 0 bridgehead atoms. The number of pyridine rings is 1. The van der Waals surface area contributed by atoms with Crippen LogP contribution < -0.4 is 5.32 Å². The van der Waals surface area contributed by atoms with Crippen LogP contribution >= 0.6 is 0 Å². The maximum Gasteiger partial charge on any atom is 0.280 e. The van der Waals surface area contributed by atoms with Crippen LogP contribution in [0, 0.1) is 12.7 Å². The Labute approximate surface area is 183 Å². The molecule has 172 valence electrons. The average molecular weight is 464 g/mol. The van der Waals surface area contributed by atoms with Crippen molar-refractivity contribution < 1.29 is 26.7 Å². The highest BCUT2D eigenvalue weighted by Gasteiger charge is 2.24. The highest BCUT2D eigenvalue weighted by Crippen LogP contribution is 2.32. The van der Waals surface area contributed by atoms with Crippen LogP contribution in [0.15, 0.2) is 42.6 Å². The summed E-state index contributed by atoms with van der Waals surface area (Å²) < 4.78 is 68.8. The van der Waals surface area contributed by atoms with Crippen LogP contribution in [0.3, 0.4) is 0 Å². The predicted molar refractivity (Wildman–Crippen MR) is 109 cm³/mol. The van der Waals surface area contributed by atoms with Crippen molar-refractivity contribution in [3.63, 3.8) is 0 Å². The van der Waals surface area contributed by atoms with E-state index in [-0.39, 0.29) is 28.4 Å². The van der Waals surface area contributed by atoms with Gasteiger partial charge in [-0.15, -0.1) is 0 Å². The lowest BCUT2D eigenvalue weighted by molar-refractivity contribution is -0.116. The summed E-state index contributed by atoms with van der Waals surface area (Å²) >= 11 is 0. The minimum atomic E-state index is -3.06. The van der Waals surface area contributed by atoms with E-state index >= 15 is 0 Å². The van der Waals surface area contributed by atoms with Gasteiger partial charge in [0.2, 0.25) is 5.91 Å². The molecule has 0 saturated heterocycles. The first-order chi connectivity index (χ1) is 15.7. The van der Waals surface area contributed by atoms with Crippen LogP contribution in [0.4, 0.5) is 27.8 Å². The fourth-order valence-electron chi connectivity index (χ4n) is 3.41. The highest BCUT2D eigenvalue weighted by atomic mass is 19.3. The van der Waals surface area contributed by atoms with Crippen LogP contribution in [0.5, 0.6) is 0 Å². The van der Waals surface area contributed by atoms with Gasteiger partial charge in [-0.05, 0) is 30.7 Å². The molecule has 4 rings (SSSR count). The van der Waals surface area contributed by atoms with Crippen LogP contribution in [0.2, 0.25) is 0 Å². The molecular formula is C21H17F5N6O. The summed E-state index contributed by atoms with van der Waals surface area (Å²) in [5.74, 6) is -0.747. The molecule has 12 heteroatoms. The number of benzene rings is 1. The van der Waals surface area contributed by atoms with Crippen molar-refractivity contribution in [3.8, 4) is 0 Å². The normalized spacial score (nSPS) is 11.6. The molecule has 0 aliphatic heterocycles. The Morgan fingerprint density at radius 1 is 1.06 bits per heavy atom. The average Bonchev–Trinajstić information content (AvgIpc) is 3.32. The Kier molecular flexibility index (Phi) is 6.07. The quantitative estimate of drug-likeness (QED) is 0.405. The van der Waals surface area contributed by atoms with E-state index in [2.05, 4.69) is 20.5 Å². The molecule has 0 unspecified atom stereocenters. The Bertz CT molecular complexity index is 1300. The van der Waals surface area contributed by atoms with E-state index in [1.807, 2.05) is 0 Å². The summed E-state index contributed by atoms with van der Waals surface area (Å²) in [6, 6.07) is 8.06. The van der Waals surface area contributed by atoms with E-state index in [0.717, 1.165) is 10.2 Å². The van der Waals surface area contributed by atoms with Crippen LogP contribution in [0.1, 0.15) is 35.4 Å². The van der Waals surface area contributed by atoms with Gasteiger partial charge >= 0.3 is 0 Å². The van der Waals surface area contributed by atoms with Gasteiger partial charge in [-0.25, -0.2) is 31.6 Å². The molecule has 0 saturated carbocycles. The Hall–Kier alpha value is -3.83. The summed E-state index contributed by atoms with van der Waals surface area (Å²) in [6.45, 7) is 1.33. The van der Waals surface area contributed by atoms with Gasteiger partial charge in [0.05, 0.1) is 17.6 Å². The molecule has 3 heterocycles. The zero-order chi connectivity index (χ0) is 23.7. The molecule has 7 nitrogen and oxygen atoms in total. The molecule has 0 fully saturated rings. The minimum Gasteiger partial charge on any atom is -0.308 e. The predicted octanol–water partition coefficient (Wildman–Crippen LogP) is 4.64. The number of rotatable bonds is 7. The largest absolute Gasteiger partial charge is 0.308 e. The van der Waals surface area contributed by atoms with E-state index < -0.39 is 36.6 Å². The van der Waals surface area contributed by atoms with E-state index in [1.54, 1.807) is 18.3 Å². The summed E-state index contributed by atoms with van der Waals surface area (Å²) in [6.07, 6.45) is -4.46. The zero-order valence-electron chi connectivity index (χ0n) is 17.1. The first-order valence-electron chi connectivity index (χ1n) is 9.73. The van der Waals surface area contributed by atoms with Gasteiger partial charge in [-0.1, -0.05) is 12.1 Å². The Balaban J connectivity index is 1.52. The fourth-order valence-corrected chi connectivity index (χ4v) is 3.41. The maximum absolute atomic E-state index is 13.4. The van der Waals surface area contributed by atoms with Gasteiger partial charge in [-0.2, -0.15) is 10.2 Å². The van der Waals surface area contributed by atoms with Crippen LogP contribution in [-0.2, 0) is 17.9 Å². The van der Waals surface area contributed by atoms with Gasteiger partial charge in [0.25, 0.3) is 12.9 Å². The van der Waals surface area contributed by atoms with Crippen molar-refractivity contribution in [1.29, 1.82) is 0 Å². The van der Waals surface area contributed by atoms with Gasteiger partial charge in [0.1, 0.15) is 18.1 Å². The molecule has 1 N–H and O–H groups in total. The number of hydrogen-bond acceptors (Lipinski definition) is 4. The van der Waals surface area contributed by atoms with E-state index in [9.17, 15) is 26.7 Å². The second kappa shape index (κ2) is 8.96. The number of nitrogens with zero attached hydrogens (tertiary/aromatic N) is 5. The molecular weight excluding hydrogens is 447 g/mol. The number of aromatic nitrogens is 5. The van der Waals surface area contributed by atoms with Crippen molar-refractivity contribution >= 4 is 22.8 Å². The monoisotopic (exact) mass is 464 g/mol. The molecule has 0 aliphatic rings. The summed E-state index contributed by atoms with van der Waals surface area (Å²) in [7, 11) is 0. The van der Waals surface area contributed by atoms with Gasteiger partial charge in [0.15, 0.2) is 11.5 Å². The summed E-state index contributed by atoms with van der Waals surface area (Å²) in [4.78, 5) is 16.2. The van der Waals surface area contributed by atoms with Crippen molar-refractivity contribution in [1.82, 2.24) is 24.5 Å². The van der Waals surface area contributed by atoms with Gasteiger partial charge < -0.3 is 5.32 Å². The lowest BCUT2D eigenvalue weighted by Crippen LogP contribution is -2.20. The molecule has 1 amide bonds. The molecule has 4 aromatic rings. The van der Waals surface area contributed by atoms with Crippen molar-refractivity contribution in [2.24, 2.45) is 0 Å².